The highest BCUT2D eigenvalue weighted by Crippen LogP contribution is 2.31. The summed E-state index contributed by atoms with van der Waals surface area (Å²) in [6.45, 7) is 1.89. The van der Waals surface area contributed by atoms with Crippen molar-refractivity contribution in [3.8, 4) is 0 Å². The molecule has 4 rings (SSSR count). The number of fused-ring (bicyclic) bond motifs is 3. The molecule has 6 nitrogen and oxygen atoms in total. The fraction of sp³-hybridized carbons (Fsp3) is 0.357. The van der Waals surface area contributed by atoms with E-state index in [0.29, 0.717) is 0 Å². The molecule has 4 heterocycles. The average Bonchev–Trinajstić information content (AvgIpc) is 2.95. The third-order valence-corrected chi connectivity index (χ3v) is 3.97. The average molecular weight is 268 g/mol. The maximum Gasteiger partial charge on any atom is 0.138 e. The number of pyridine rings is 1. The molecule has 102 valence electrons. The lowest BCUT2D eigenvalue weighted by atomic mass is 10.0. The molecular formula is C14H16N6. The second-order valence-electron chi connectivity index (χ2n) is 5.34. The first-order valence-corrected chi connectivity index (χ1v) is 6.91. The van der Waals surface area contributed by atoms with Gasteiger partial charge in [-0.25, -0.2) is 4.98 Å². The lowest BCUT2D eigenvalue weighted by Crippen LogP contribution is -2.43. The van der Waals surface area contributed by atoms with Gasteiger partial charge < -0.3 is 15.6 Å². The molecule has 3 aromatic heterocycles. The topological polar surface area (TPSA) is 83.7 Å². The number of anilines is 1. The minimum absolute atomic E-state index is 0.232. The number of rotatable bonds is 1. The summed E-state index contributed by atoms with van der Waals surface area (Å²) < 4.78 is 0. The smallest absolute Gasteiger partial charge is 0.138 e. The van der Waals surface area contributed by atoms with Crippen molar-refractivity contribution in [2.45, 2.75) is 18.9 Å². The number of aromatic nitrogens is 4. The van der Waals surface area contributed by atoms with E-state index in [1.54, 1.807) is 6.20 Å². The maximum absolute atomic E-state index is 6.10. The van der Waals surface area contributed by atoms with Gasteiger partial charge in [-0.1, -0.05) is 0 Å². The number of H-pyrrole nitrogens is 1. The number of nitrogens with two attached hydrogens (primary N) is 1. The van der Waals surface area contributed by atoms with Crippen LogP contribution in [0.25, 0.3) is 21.9 Å². The molecule has 3 N–H and O–H groups in total. The van der Waals surface area contributed by atoms with E-state index in [1.165, 1.54) is 0 Å². The molecule has 1 aliphatic rings. The predicted octanol–water partition coefficient (Wildman–Crippen LogP) is 1.43. The fourth-order valence-electron chi connectivity index (χ4n) is 3.02. The molecule has 0 amide bonds. The summed E-state index contributed by atoms with van der Waals surface area (Å²) in [5.41, 5.74) is 8.92. The molecule has 0 radical (unpaired) electrons. The summed E-state index contributed by atoms with van der Waals surface area (Å²) in [7, 11) is 0. The Bertz CT molecular complexity index is 765. The van der Waals surface area contributed by atoms with Crippen LogP contribution in [0.3, 0.4) is 0 Å². The van der Waals surface area contributed by atoms with Crippen LogP contribution in [0.15, 0.2) is 24.7 Å². The van der Waals surface area contributed by atoms with Gasteiger partial charge >= 0.3 is 0 Å². The van der Waals surface area contributed by atoms with Crippen molar-refractivity contribution in [1.82, 2.24) is 20.2 Å². The molecule has 3 aromatic rings. The normalized spacial score (nSPS) is 19.9. The SMILES string of the molecule is NC1CCCN(c2cnnc3cnc4[nH]ccc4c23)C1. The monoisotopic (exact) mass is 268 g/mol. The van der Waals surface area contributed by atoms with Crippen LogP contribution in [-0.4, -0.2) is 39.3 Å². The lowest BCUT2D eigenvalue weighted by Gasteiger charge is -2.32. The summed E-state index contributed by atoms with van der Waals surface area (Å²) in [6.07, 6.45) is 7.73. The highest BCUT2D eigenvalue weighted by molar-refractivity contribution is 6.09. The third-order valence-electron chi connectivity index (χ3n) is 3.97. The van der Waals surface area contributed by atoms with E-state index < -0.39 is 0 Å². The van der Waals surface area contributed by atoms with E-state index in [2.05, 4.69) is 25.1 Å². The number of nitrogens with one attached hydrogen (secondary N) is 1. The number of piperidine rings is 1. The Balaban J connectivity index is 1.96. The molecule has 6 heteroatoms. The summed E-state index contributed by atoms with van der Waals surface area (Å²) in [6, 6.07) is 2.27. The summed E-state index contributed by atoms with van der Waals surface area (Å²) in [4.78, 5) is 9.83. The fourth-order valence-corrected chi connectivity index (χ4v) is 3.02. The van der Waals surface area contributed by atoms with Crippen LogP contribution in [0.4, 0.5) is 5.69 Å². The van der Waals surface area contributed by atoms with E-state index in [0.717, 1.165) is 53.6 Å². The molecule has 1 fully saturated rings. The van der Waals surface area contributed by atoms with Crippen molar-refractivity contribution < 1.29 is 0 Å². The van der Waals surface area contributed by atoms with Gasteiger partial charge in [-0.2, -0.15) is 5.10 Å². The van der Waals surface area contributed by atoms with Crippen LogP contribution >= 0.6 is 0 Å². The Kier molecular flexibility index (Phi) is 2.56. The van der Waals surface area contributed by atoms with Crippen molar-refractivity contribution in [3.63, 3.8) is 0 Å². The number of nitrogens with zero attached hydrogens (tertiary/aromatic N) is 4. The first-order valence-electron chi connectivity index (χ1n) is 6.91. The van der Waals surface area contributed by atoms with Gasteiger partial charge in [-0.15, -0.1) is 5.10 Å². The van der Waals surface area contributed by atoms with Gasteiger partial charge in [0.05, 0.1) is 18.1 Å². The molecule has 1 saturated heterocycles. The van der Waals surface area contributed by atoms with Gasteiger partial charge in [0.25, 0.3) is 0 Å². The molecule has 0 aromatic carbocycles. The van der Waals surface area contributed by atoms with Crippen LogP contribution in [0.2, 0.25) is 0 Å². The Morgan fingerprint density at radius 2 is 2.30 bits per heavy atom. The molecule has 0 saturated carbocycles. The van der Waals surface area contributed by atoms with Crippen molar-refractivity contribution in [2.75, 3.05) is 18.0 Å². The minimum atomic E-state index is 0.232. The summed E-state index contributed by atoms with van der Waals surface area (Å²) in [5.74, 6) is 0. The Hall–Kier alpha value is -2.21. The van der Waals surface area contributed by atoms with Crippen LogP contribution in [-0.2, 0) is 0 Å². The van der Waals surface area contributed by atoms with Gasteiger partial charge in [0.1, 0.15) is 11.2 Å². The van der Waals surface area contributed by atoms with E-state index in [1.807, 2.05) is 18.5 Å². The molecule has 1 unspecified atom stereocenters. The quantitative estimate of drug-likeness (QED) is 0.697. The molecule has 20 heavy (non-hydrogen) atoms. The molecule has 1 aliphatic heterocycles. The first-order chi connectivity index (χ1) is 9.83. The van der Waals surface area contributed by atoms with Gasteiger partial charge in [-0.05, 0) is 18.9 Å². The molecular weight excluding hydrogens is 252 g/mol. The molecule has 0 bridgehead atoms. The Morgan fingerprint density at radius 3 is 3.20 bits per heavy atom. The van der Waals surface area contributed by atoms with E-state index in [4.69, 9.17) is 5.73 Å². The number of aromatic amines is 1. The van der Waals surface area contributed by atoms with E-state index >= 15 is 0 Å². The van der Waals surface area contributed by atoms with Gasteiger partial charge in [0.2, 0.25) is 0 Å². The van der Waals surface area contributed by atoms with Gasteiger partial charge in [0, 0.05) is 36.1 Å². The van der Waals surface area contributed by atoms with Crippen LogP contribution < -0.4 is 10.6 Å². The van der Waals surface area contributed by atoms with E-state index in [-0.39, 0.29) is 6.04 Å². The molecule has 0 spiro atoms. The van der Waals surface area contributed by atoms with E-state index in [9.17, 15) is 0 Å². The Labute approximate surface area is 116 Å². The minimum Gasteiger partial charge on any atom is -0.368 e. The summed E-state index contributed by atoms with van der Waals surface area (Å²) >= 11 is 0. The van der Waals surface area contributed by atoms with Crippen molar-refractivity contribution in [1.29, 1.82) is 0 Å². The largest absolute Gasteiger partial charge is 0.368 e. The van der Waals surface area contributed by atoms with Gasteiger partial charge in [0.15, 0.2) is 0 Å². The highest BCUT2D eigenvalue weighted by atomic mass is 15.2. The van der Waals surface area contributed by atoms with Crippen LogP contribution in [0.1, 0.15) is 12.8 Å². The number of hydrogen-bond donors (Lipinski definition) is 2. The Morgan fingerprint density at radius 1 is 1.35 bits per heavy atom. The predicted molar refractivity (Wildman–Crippen MR) is 78.6 cm³/mol. The van der Waals surface area contributed by atoms with Crippen LogP contribution in [0, 0.1) is 0 Å². The second-order valence-corrected chi connectivity index (χ2v) is 5.34. The second kappa shape index (κ2) is 4.42. The van der Waals surface area contributed by atoms with Crippen LogP contribution in [0.5, 0.6) is 0 Å². The maximum atomic E-state index is 6.10. The first kappa shape index (κ1) is 11.6. The van der Waals surface area contributed by atoms with Gasteiger partial charge in [-0.3, -0.25) is 0 Å². The third kappa shape index (κ3) is 1.72. The zero-order chi connectivity index (χ0) is 13.5. The standard InChI is InChI=1S/C14H16N6/c15-9-2-1-5-20(8-9)12-7-18-19-11-6-17-14-10(13(11)12)3-4-16-14/h3-4,6-7,9H,1-2,5,8,15H2,(H,16,17). The van der Waals surface area contributed by atoms with Crippen molar-refractivity contribution >= 4 is 27.6 Å². The number of hydrogen-bond acceptors (Lipinski definition) is 5. The molecule has 1 atom stereocenters. The highest BCUT2D eigenvalue weighted by Gasteiger charge is 2.20. The van der Waals surface area contributed by atoms with Crippen molar-refractivity contribution in [3.05, 3.63) is 24.7 Å². The zero-order valence-corrected chi connectivity index (χ0v) is 11.1. The summed E-state index contributed by atoms with van der Waals surface area (Å²) in [5, 5.41) is 10.5. The molecule has 0 aliphatic carbocycles. The lowest BCUT2D eigenvalue weighted by molar-refractivity contribution is 0.506. The zero-order valence-electron chi connectivity index (χ0n) is 11.1. The van der Waals surface area contributed by atoms with Crippen molar-refractivity contribution in [2.24, 2.45) is 5.73 Å².